The van der Waals surface area contributed by atoms with Gasteiger partial charge in [0.15, 0.2) is 0 Å². The molecule has 0 aromatic heterocycles. The van der Waals surface area contributed by atoms with E-state index in [1.165, 1.54) is 0 Å². The summed E-state index contributed by atoms with van der Waals surface area (Å²) in [6.07, 6.45) is 1.70. The highest BCUT2D eigenvalue weighted by Gasteiger charge is 2.20. The minimum absolute atomic E-state index is 0.0748. The molecule has 1 aliphatic heterocycles. The van der Waals surface area contributed by atoms with E-state index in [2.05, 4.69) is 5.32 Å². The number of likely N-dealkylation sites (tertiary alicyclic amines) is 1. The Balaban J connectivity index is 1.91. The third-order valence-electron chi connectivity index (χ3n) is 3.13. The van der Waals surface area contributed by atoms with Crippen LogP contribution in [-0.2, 0) is 0 Å². The van der Waals surface area contributed by atoms with E-state index in [9.17, 15) is 9.90 Å². The van der Waals surface area contributed by atoms with Crippen molar-refractivity contribution in [2.75, 3.05) is 18.4 Å². The second kappa shape index (κ2) is 5.35. The molecule has 2 rings (SSSR count). The Labute approximate surface area is 111 Å². The van der Waals surface area contributed by atoms with Crippen LogP contribution >= 0.6 is 11.6 Å². The first-order chi connectivity index (χ1) is 8.56. The van der Waals surface area contributed by atoms with Gasteiger partial charge in [0.05, 0.1) is 5.02 Å². The molecule has 1 saturated heterocycles. The Kier molecular flexibility index (Phi) is 3.81. The number of urea groups is 1. The summed E-state index contributed by atoms with van der Waals surface area (Å²) in [5.41, 5.74) is 6.09. The number of benzene rings is 1. The van der Waals surface area contributed by atoms with Gasteiger partial charge in [0, 0.05) is 24.8 Å². The molecule has 6 heteroatoms. The molecule has 0 spiro atoms. The summed E-state index contributed by atoms with van der Waals surface area (Å²) in [6, 6.07) is 4.96. The highest BCUT2D eigenvalue weighted by atomic mass is 35.5. The molecule has 0 atom stereocenters. The lowest BCUT2D eigenvalue weighted by Crippen LogP contribution is -2.44. The maximum absolute atomic E-state index is 11.0. The van der Waals surface area contributed by atoms with Gasteiger partial charge in [0.1, 0.15) is 5.75 Å². The number of nitrogens with zero attached hydrogens (tertiary/aromatic N) is 1. The second-order valence-electron chi connectivity index (χ2n) is 4.41. The van der Waals surface area contributed by atoms with Gasteiger partial charge in [0.2, 0.25) is 0 Å². The number of rotatable bonds is 2. The highest BCUT2D eigenvalue weighted by molar-refractivity contribution is 6.32. The second-order valence-corrected chi connectivity index (χ2v) is 4.82. The number of halogens is 1. The Morgan fingerprint density at radius 3 is 2.67 bits per heavy atom. The molecule has 2 amide bonds. The molecule has 5 nitrogen and oxygen atoms in total. The fourth-order valence-corrected chi connectivity index (χ4v) is 2.26. The molecule has 0 unspecified atom stereocenters. The third-order valence-corrected chi connectivity index (χ3v) is 3.43. The lowest BCUT2D eigenvalue weighted by Gasteiger charge is -2.31. The number of carbonyl (C=O) groups excluding carboxylic acids is 1. The Hall–Kier alpha value is -1.62. The van der Waals surface area contributed by atoms with E-state index in [0.717, 1.165) is 18.5 Å². The number of phenols is 1. The standard InChI is InChI=1S/C12H16ClN3O2/c13-10-7-9(1-2-11(10)17)15-8-3-5-16(6-4-8)12(14)18/h1-2,7-8,15,17H,3-6H2,(H2,14,18). The highest BCUT2D eigenvalue weighted by Crippen LogP contribution is 2.27. The van der Waals surface area contributed by atoms with Gasteiger partial charge >= 0.3 is 6.03 Å². The first-order valence-corrected chi connectivity index (χ1v) is 6.23. The first-order valence-electron chi connectivity index (χ1n) is 5.85. The van der Waals surface area contributed by atoms with Crippen LogP contribution in [0.25, 0.3) is 0 Å². The average Bonchev–Trinajstić information content (AvgIpc) is 2.34. The lowest BCUT2D eigenvalue weighted by atomic mass is 10.0. The number of anilines is 1. The third kappa shape index (κ3) is 2.98. The maximum Gasteiger partial charge on any atom is 0.314 e. The van der Waals surface area contributed by atoms with Crippen LogP contribution in [0.5, 0.6) is 5.75 Å². The van der Waals surface area contributed by atoms with Crippen LogP contribution in [0, 0.1) is 0 Å². The van der Waals surface area contributed by atoms with E-state index in [0.29, 0.717) is 24.2 Å². The zero-order valence-corrected chi connectivity index (χ0v) is 10.7. The number of primary amides is 1. The Morgan fingerprint density at radius 1 is 1.44 bits per heavy atom. The molecule has 1 aromatic rings. The SMILES string of the molecule is NC(=O)N1CCC(Nc2ccc(O)c(Cl)c2)CC1. The molecule has 1 heterocycles. The summed E-state index contributed by atoms with van der Waals surface area (Å²) in [5, 5.41) is 13.0. The van der Waals surface area contributed by atoms with E-state index >= 15 is 0 Å². The van der Waals surface area contributed by atoms with Crippen molar-refractivity contribution >= 4 is 23.3 Å². The fraction of sp³-hybridized carbons (Fsp3) is 0.417. The zero-order chi connectivity index (χ0) is 13.1. The maximum atomic E-state index is 11.0. The molecule has 0 saturated carbocycles. The largest absolute Gasteiger partial charge is 0.506 e. The Bertz CT molecular complexity index is 445. The quantitative estimate of drug-likeness (QED) is 0.719. The van der Waals surface area contributed by atoms with Gasteiger partial charge < -0.3 is 21.1 Å². The van der Waals surface area contributed by atoms with Crippen molar-refractivity contribution in [1.29, 1.82) is 0 Å². The van der Waals surface area contributed by atoms with Gasteiger partial charge in [-0.1, -0.05) is 11.6 Å². The van der Waals surface area contributed by atoms with Crippen molar-refractivity contribution in [2.45, 2.75) is 18.9 Å². The van der Waals surface area contributed by atoms with E-state index in [-0.39, 0.29) is 11.8 Å². The van der Waals surface area contributed by atoms with Crippen molar-refractivity contribution in [3.05, 3.63) is 23.2 Å². The number of nitrogens with one attached hydrogen (secondary N) is 1. The number of piperidine rings is 1. The molecule has 0 bridgehead atoms. The van der Waals surface area contributed by atoms with Crippen LogP contribution in [0.2, 0.25) is 5.02 Å². The van der Waals surface area contributed by atoms with E-state index in [1.54, 1.807) is 23.1 Å². The van der Waals surface area contributed by atoms with Crippen LogP contribution in [0.15, 0.2) is 18.2 Å². The predicted octanol–water partition coefficient (Wildman–Crippen LogP) is 2.00. The summed E-state index contributed by atoms with van der Waals surface area (Å²) < 4.78 is 0. The number of phenolic OH excluding ortho intramolecular Hbond substituents is 1. The van der Waals surface area contributed by atoms with Gasteiger partial charge in [-0.25, -0.2) is 4.79 Å². The number of aromatic hydroxyl groups is 1. The molecule has 98 valence electrons. The molecule has 18 heavy (non-hydrogen) atoms. The smallest absolute Gasteiger partial charge is 0.314 e. The van der Waals surface area contributed by atoms with Crippen LogP contribution in [0.4, 0.5) is 10.5 Å². The molecule has 4 N–H and O–H groups in total. The normalized spacial score (nSPS) is 16.6. The van der Waals surface area contributed by atoms with Gasteiger partial charge in [-0.15, -0.1) is 0 Å². The van der Waals surface area contributed by atoms with Crippen LogP contribution < -0.4 is 11.1 Å². The fourth-order valence-electron chi connectivity index (χ4n) is 2.08. The summed E-state index contributed by atoms with van der Waals surface area (Å²) in [4.78, 5) is 12.6. The molecule has 0 radical (unpaired) electrons. The molecule has 1 aliphatic rings. The van der Waals surface area contributed by atoms with E-state index in [1.807, 2.05) is 0 Å². The number of amides is 2. The summed E-state index contributed by atoms with van der Waals surface area (Å²) in [7, 11) is 0. The van der Waals surface area contributed by atoms with Gasteiger partial charge in [-0.2, -0.15) is 0 Å². The number of carbonyl (C=O) groups is 1. The van der Waals surface area contributed by atoms with Crippen LogP contribution in [0.1, 0.15) is 12.8 Å². The van der Waals surface area contributed by atoms with Crippen LogP contribution in [-0.4, -0.2) is 35.2 Å². The first kappa shape index (κ1) is 12.8. The zero-order valence-electron chi connectivity index (χ0n) is 9.90. The minimum Gasteiger partial charge on any atom is -0.506 e. The van der Waals surface area contributed by atoms with Crippen molar-refractivity contribution in [3.8, 4) is 5.75 Å². The van der Waals surface area contributed by atoms with Crippen molar-refractivity contribution in [3.63, 3.8) is 0 Å². The predicted molar refractivity (Wildman–Crippen MR) is 70.9 cm³/mol. The molecular formula is C12H16ClN3O2. The summed E-state index contributed by atoms with van der Waals surface area (Å²) in [6.45, 7) is 1.33. The van der Waals surface area contributed by atoms with E-state index < -0.39 is 0 Å². The minimum atomic E-state index is -0.360. The molecule has 1 fully saturated rings. The van der Waals surface area contributed by atoms with Gasteiger partial charge in [-0.3, -0.25) is 0 Å². The molecular weight excluding hydrogens is 254 g/mol. The number of hydrogen-bond acceptors (Lipinski definition) is 3. The number of nitrogens with two attached hydrogens (primary N) is 1. The lowest BCUT2D eigenvalue weighted by molar-refractivity contribution is 0.193. The summed E-state index contributed by atoms with van der Waals surface area (Å²) in [5.74, 6) is 0.0748. The van der Waals surface area contributed by atoms with Crippen LogP contribution in [0.3, 0.4) is 0 Å². The van der Waals surface area contributed by atoms with E-state index in [4.69, 9.17) is 17.3 Å². The van der Waals surface area contributed by atoms with Crippen molar-refractivity contribution in [2.24, 2.45) is 5.73 Å². The van der Waals surface area contributed by atoms with Crippen molar-refractivity contribution < 1.29 is 9.90 Å². The average molecular weight is 270 g/mol. The van der Waals surface area contributed by atoms with Gasteiger partial charge in [-0.05, 0) is 31.0 Å². The molecule has 1 aromatic carbocycles. The molecule has 0 aliphatic carbocycles. The van der Waals surface area contributed by atoms with Crippen molar-refractivity contribution in [1.82, 2.24) is 4.90 Å². The Morgan fingerprint density at radius 2 is 2.11 bits per heavy atom. The topological polar surface area (TPSA) is 78.6 Å². The summed E-state index contributed by atoms with van der Waals surface area (Å²) >= 11 is 5.84. The number of hydrogen-bond donors (Lipinski definition) is 3. The van der Waals surface area contributed by atoms with Gasteiger partial charge in [0.25, 0.3) is 0 Å². The monoisotopic (exact) mass is 269 g/mol.